The minimum absolute atomic E-state index is 0.0722. The molecule has 2 amide bonds. The molecule has 9 heteroatoms. The van der Waals surface area contributed by atoms with Gasteiger partial charge >= 0.3 is 0 Å². The van der Waals surface area contributed by atoms with Crippen molar-refractivity contribution in [1.82, 2.24) is 20.3 Å². The molecule has 1 N–H and O–H groups in total. The molecule has 0 aliphatic rings. The van der Waals surface area contributed by atoms with Crippen molar-refractivity contribution in [3.63, 3.8) is 0 Å². The monoisotopic (exact) mass is 477 g/mol. The van der Waals surface area contributed by atoms with Crippen LogP contribution in [0.3, 0.4) is 0 Å². The summed E-state index contributed by atoms with van der Waals surface area (Å²) in [6.07, 6.45) is 0. The van der Waals surface area contributed by atoms with Crippen molar-refractivity contribution < 1.29 is 14.3 Å². The molecule has 0 spiro atoms. The Bertz CT molecular complexity index is 1280. The summed E-state index contributed by atoms with van der Waals surface area (Å²) in [5.74, 6) is 0.107. The third-order valence-corrected chi connectivity index (χ3v) is 6.07. The molecule has 0 fully saturated rings. The van der Waals surface area contributed by atoms with Gasteiger partial charge in [-0.05, 0) is 68.6 Å². The molecule has 8 nitrogen and oxygen atoms in total. The number of aromatic nitrogens is 3. The summed E-state index contributed by atoms with van der Waals surface area (Å²) in [4.78, 5) is 29.7. The van der Waals surface area contributed by atoms with E-state index in [1.165, 1.54) is 16.2 Å². The van der Waals surface area contributed by atoms with Crippen molar-refractivity contribution in [1.29, 1.82) is 0 Å². The summed E-state index contributed by atoms with van der Waals surface area (Å²) in [5.41, 5.74) is 1.56. The van der Waals surface area contributed by atoms with E-state index in [1.807, 2.05) is 62.5 Å². The van der Waals surface area contributed by atoms with E-state index in [-0.39, 0.29) is 18.4 Å². The fourth-order valence-corrected chi connectivity index (χ4v) is 4.49. The number of carbonyl (C=O) groups excluding carboxylic acids is 2. The topological polar surface area (TPSA) is 89.3 Å². The molecule has 2 heterocycles. The maximum absolute atomic E-state index is 13.8. The van der Waals surface area contributed by atoms with Gasteiger partial charge in [0.15, 0.2) is 0 Å². The molecule has 1 atom stereocenters. The molecule has 176 valence electrons. The standard InChI is InChI=1S/C25H27N5O3S/c1-25(2,3)26-24(32)23(21-10-7-15-34-21)30(17-11-13-18(33-4)14-12-17)22(31)16-29-20-9-6-5-8-19(20)27-28-29/h5-15,23H,16H2,1-4H3,(H,26,32). The average Bonchev–Trinajstić information content (AvgIpc) is 3.47. The van der Waals surface area contributed by atoms with Gasteiger partial charge in [-0.25, -0.2) is 4.68 Å². The third-order valence-electron chi connectivity index (χ3n) is 5.14. The van der Waals surface area contributed by atoms with Crippen LogP contribution in [0.2, 0.25) is 0 Å². The number of amides is 2. The second kappa shape index (κ2) is 9.64. The van der Waals surface area contributed by atoms with Crippen LogP contribution in [0.1, 0.15) is 31.7 Å². The summed E-state index contributed by atoms with van der Waals surface area (Å²) in [7, 11) is 1.58. The van der Waals surface area contributed by atoms with Gasteiger partial charge in [0.2, 0.25) is 11.8 Å². The molecule has 2 aromatic carbocycles. The Labute approximate surface area is 202 Å². The van der Waals surface area contributed by atoms with Crippen LogP contribution >= 0.6 is 11.3 Å². The van der Waals surface area contributed by atoms with Crippen LogP contribution in [-0.2, 0) is 16.1 Å². The van der Waals surface area contributed by atoms with E-state index < -0.39 is 11.6 Å². The second-order valence-corrected chi connectivity index (χ2v) is 9.83. The van der Waals surface area contributed by atoms with Gasteiger partial charge in [0.25, 0.3) is 0 Å². The highest BCUT2D eigenvalue weighted by atomic mass is 32.1. The molecule has 2 aromatic heterocycles. The van der Waals surface area contributed by atoms with Gasteiger partial charge < -0.3 is 10.1 Å². The van der Waals surface area contributed by atoms with Gasteiger partial charge in [0.05, 0.1) is 12.6 Å². The Balaban J connectivity index is 1.78. The first-order valence-electron chi connectivity index (χ1n) is 10.9. The van der Waals surface area contributed by atoms with Crippen LogP contribution in [0.25, 0.3) is 11.0 Å². The first-order chi connectivity index (χ1) is 16.3. The number of hydrogen-bond donors (Lipinski definition) is 1. The van der Waals surface area contributed by atoms with Crippen molar-refractivity contribution in [2.75, 3.05) is 12.0 Å². The Morgan fingerprint density at radius 2 is 1.82 bits per heavy atom. The van der Waals surface area contributed by atoms with Crippen LogP contribution in [-0.4, -0.2) is 39.5 Å². The SMILES string of the molecule is COc1ccc(N(C(=O)Cn2nnc3ccccc32)C(C(=O)NC(C)(C)C)c2cccs2)cc1. The molecule has 0 saturated heterocycles. The predicted molar refractivity (Wildman–Crippen MR) is 133 cm³/mol. The third kappa shape index (κ3) is 5.09. The van der Waals surface area contributed by atoms with Gasteiger partial charge in [-0.3, -0.25) is 14.5 Å². The average molecular weight is 478 g/mol. The number of nitrogens with one attached hydrogen (secondary N) is 1. The zero-order valence-corrected chi connectivity index (χ0v) is 20.4. The van der Waals surface area contributed by atoms with E-state index in [1.54, 1.807) is 36.1 Å². The van der Waals surface area contributed by atoms with E-state index in [4.69, 9.17) is 4.74 Å². The van der Waals surface area contributed by atoms with Gasteiger partial charge in [-0.2, -0.15) is 0 Å². The first kappa shape index (κ1) is 23.4. The van der Waals surface area contributed by atoms with Crippen molar-refractivity contribution in [3.05, 3.63) is 70.9 Å². The lowest BCUT2D eigenvalue weighted by atomic mass is 10.1. The molecular formula is C25H27N5O3S. The first-order valence-corrected chi connectivity index (χ1v) is 11.7. The molecule has 4 aromatic rings. The molecule has 0 bridgehead atoms. The molecule has 0 aliphatic carbocycles. The van der Waals surface area contributed by atoms with Crippen molar-refractivity contribution in [2.24, 2.45) is 0 Å². The molecule has 0 radical (unpaired) electrons. The van der Waals surface area contributed by atoms with E-state index in [9.17, 15) is 9.59 Å². The number of ether oxygens (including phenoxy) is 1. The number of hydrogen-bond acceptors (Lipinski definition) is 6. The number of fused-ring (bicyclic) bond motifs is 1. The Kier molecular flexibility index (Phi) is 6.65. The van der Waals surface area contributed by atoms with Gasteiger partial charge in [0, 0.05) is 16.1 Å². The lowest BCUT2D eigenvalue weighted by Gasteiger charge is -2.33. The van der Waals surface area contributed by atoms with E-state index in [0.29, 0.717) is 17.0 Å². The quantitative estimate of drug-likeness (QED) is 0.431. The Morgan fingerprint density at radius 3 is 2.47 bits per heavy atom. The second-order valence-electron chi connectivity index (χ2n) is 8.85. The highest BCUT2D eigenvalue weighted by Crippen LogP contribution is 2.32. The Hall–Kier alpha value is -3.72. The fraction of sp³-hybridized carbons (Fsp3) is 0.280. The number of rotatable bonds is 7. The lowest BCUT2D eigenvalue weighted by Crippen LogP contribution is -2.50. The minimum Gasteiger partial charge on any atom is -0.497 e. The van der Waals surface area contributed by atoms with Crippen molar-refractivity contribution in [2.45, 2.75) is 38.9 Å². The number of para-hydroxylation sites is 1. The number of nitrogens with zero attached hydrogens (tertiary/aromatic N) is 4. The minimum atomic E-state index is -0.852. The molecule has 0 aliphatic heterocycles. The van der Waals surface area contributed by atoms with Gasteiger partial charge in [0.1, 0.15) is 23.9 Å². The number of carbonyl (C=O) groups is 2. The zero-order valence-electron chi connectivity index (χ0n) is 19.6. The molecular weight excluding hydrogens is 450 g/mol. The highest BCUT2D eigenvalue weighted by molar-refractivity contribution is 7.10. The van der Waals surface area contributed by atoms with Crippen molar-refractivity contribution in [3.8, 4) is 5.75 Å². The summed E-state index contributed by atoms with van der Waals surface area (Å²) in [6.45, 7) is 5.67. The van der Waals surface area contributed by atoms with Crippen LogP contribution in [0.5, 0.6) is 5.75 Å². The van der Waals surface area contributed by atoms with Crippen LogP contribution in [0.4, 0.5) is 5.69 Å². The number of benzene rings is 2. The summed E-state index contributed by atoms with van der Waals surface area (Å²) in [6, 6.07) is 17.4. The van der Waals surface area contributed by atoms with E-state index in [0.717, 1.165) is 10.4 Å². The largest absolute Gasteiger partial charge is 0.497 e. The van der Waals surface area contributed by atoms with Crippen LogP contribution in [0, 0.1) is 0 Å². The maximum atomic E-state index is 13.8. The number of anilines is 1. The lowest BCUT2D eigenvalue weighted by molar-refractivity contribution is -0.127. The van der Waals surface area contributed by atoms with Gasteiger partial charge in [-0.15, -0.1) is 16.4 Å². The normalized spacial score (nSPS) is 12.4. The molecule has 1 unspecified atom stereocenters. The summed E-state index contributed by atoms with van der Waals surface area (Å²) < 4.78 is 6.84. The molecule has 0 saturated carbocycles. The number of methoxy groups -OCH3 is 1. The summed E-state index contributed by atoms with van der Waals surface area (Å²) in [5, 5.41) is 13.3. The van der Waals surface area contributed by atoms with Crippen molar-refractivity contribution >= 4 is 39.9 Å². The van der Waals surface area contributed by atoms with Gasteiger partial charge in [-0.1, -0.05) is 23.4 Å². The highest BCUT2D eigenvalue weighted by Gasteiger charge is 2.35. The zero-order chi connectivity index (χ0) is 24.3. The fourth-order valence-electron chi connectivity index (χ4n) is 3.68. The smallest absolute Gasteiger partial charge is 0.249 e. The van der Waals surface area contributed by atoms with E-state index >= 15 is 0 Å². The summed E-state index contributed by atoms with van der Waals surface area (Å²) >= 11 is 1.43. The van der Waals surface area contributed by atoms with Crippen LogP contribution < -0.4 is 15.0 Å². The molecule has 4 rings (SSSR count). The predicted octanol–water partition coefficient (Wildman–Crippen LogP) is 4.19. The van der Waals surface area contributed by atoms with Crippen LogP contribution in [0.15, 0.2) is 66.0 Å². The Morgan fingerprint density at radius 1 is 1.09 bits per heavy atom. The molecule has 34 heavy (non-hydrogen) atoms. The number of thiophene rings is 1. The van der Waals surface area contributed by atoms with E-state index in [2.05, 4.69) is 15.6 Å². The maximum Gasteiger partial charge on any atom is 0.249 e.